The molecule has 2 fully saturated rings. The molecule has 0 bridgehead atoms. The van der Waals surface area contributed by atoms with Crippen LogP contribution in [-0.4, -0.2) is 69.0 Å². The summed E-state index contributed by atoms with van der Waals surface area (Å²) in [4.78, 5) is 68.1. The van der Waals surface area contributed by atoms with Crippen molar-refractivity contribution < 1.29 is 48.8 Å². The minimum absolute atomic E-state index is 0.00787. The summed E-state index contributed by atoms with van der Waals surface area (Å²) in [6.45, 7) is 11.9. The molecular formula is C38H46O10. The first-order valence-corrected chi connectivity index (χ1v) is 16.7. The lowest BCUT2D eigenvalue weighted by Crippen LogP contribution is -2.73. The zero-order valence-corrected chi connectivity index (χ0v) is 28.7. The lowest BCUT2D eigenvalue weighted by Gasteiger charge is -2.58. The highest BCUT2D eigenvalue weighted by molar-refractivity contribution is 6.32. The minimum atomic E-state index is -2.73. The van der Waals surface area contributed by atoms with Crippen LogP contribution in [0, 0.1) is 22.7 Å². The maximum Gasteiger partial charge on any atom is 0.287 e. The number of carbonyl (C=O) groups is 5. The second kappa shape index (κ2) is 12.4. The summed E-state index contributed by atoms with van der Waals surface area (Å²) >= 11 is 0. The molecule has 10 heteroatoms. The van der Waals surface area contributed by atoms with Gasteiger partial charge >= 0.3 is 0 Å². The summed E-state index contributed by atoms with van der Waals surface area (Å²) in [5, 5.41) is 35.6. The molecular weight excluding hydrogens is 616 g/mol. The summed E-state index contributed by atoms with van der Waals surface area (Å²) in [5.74, 6) is -11.1. The predicted octanol–water partition coefficient (Wildman–Crippen LogP) is 4.38. The highest BCUT2D eigenvalue weighted by atomic mass is 16.8. The number of rotatable bonds is 10. The third-order valence-corrected chi connectivity index (χ3v) is 10.9. The van der Waals surface area contributed by atoms with E-state index in [2.05, 4.69) is 0 Å². The fourth-order valence-corrected chi connectivity index (χ4v) is 8.89. The number of aliphatic hydroxyl groups is 2. The molecule has 2 saturated carbocycles. The lowest BCUT2D eigenvalue weighted by atomic mass is 9.43. The second-order valence-corrected chi connectivity index (χ2v) is 14.6. The van der Waals surface area contributed by atoms with Gasteiger partial charge in [0, 0.05) is 25.0 Å². The number of phenolic OH excluding ortho intramolecular Hbond substituents is 1. The van der Waals surface area contributed by atoms with Gasteiger partial charge in [-0.1, -0.05) is 64.1 Å². The Labute approximate surface area is 280 Å². The van der Waals surface area contributed by atoms with E-state index in [4.69, 9.17) is 9.47 Å². The fourth-order valence-electron chi connectivity index (χ4n) is 8.89. The van der Waals surface area contributed by atoms with Gasteiger partial charge in [-0.15, -0.1) is 0 Å². The monoisotopic (exact) mass is 662 g/mol. The van der Waals surface area contributed by atoms with Crippen LogP contribution in [0.1, 0.15) is 106 Å². The average Bonchev–Trinajstić information content (AvgIpc) is 2.98. The van der Waals surface area contributed by atoms with Crippen LogP contribution in [0.5, 0.6) is 5.75 Å². The lowest BCUT2D eigenvalue weighted by molar-refractivity contribution is -0.369. The Balaban J connectivity index is 1.68. The first kappa shape index (κ1) is 35.7. The van der Waals surface area contributed by atoms with Crippen LogP contribution >= 0.6 is 0 Å². The van der Waals surface area contributed by atoms with Crippen LogP contribution in [0.25, 0.3) is 0 Å². The third-order valence-electron chi connectivity index (χ3n) is 10.9. The Morgan fingerprint density at radius 1 is 1.00 bits per heavy atom. The zero-order chi connectivity index (χ0) is 35.6. The first-order chi connectivity index (χ1) is 22.4. The molecule has 0 spiro atoms. The van der Waals surface area contributed by atoms with Gasteiger partial charge in [-0.3, -0.25) is 24.0 Å². The molecule has 6 atom stereocenters. The topological polar surface area (TPSA) is 164 Å². The Morgan fingerprint density at radius 2 is 1.60 bits per heavy atom. The SMILES string of the molecule is CCOC(O)(OCC)C(Cc1cc(C(C)C)c2c(c1O)C(=O)C1C(=O)C3(O)C(=O)C(C(C)=O)C(=O)CC3(C)CC1(C)C2)c1ccccc1. The van der Waals surface area contributed by atoms with Crippen molar-refractivity contribution in [1.29, 1.82) is 0 Å². The summed E-state index contributed by atoms with van der Waals surface area (Å²) < 4.78 is 11.5. The van der Waals surface area contributed by atoms with Gasteiger partial charge in [0.2, 0.25) is 0 Å². The maximum atomic E-state index is 14.6. The van der Waals surface area contributed by atoms with Crippen molar-refractivity contribution in [2.24, 2.45) is 22.7 Å². The van der Waals surface area contributed by atoms with Gasteiger partial charge in [-0.2, -0.15) is 0 Å². The molecule has 3 N–H and O–H groups in total. The van der Waals surface area contributed by atoms with Gasteiger partial charge in [0.15, 0.2) is 28.7 Å². The minimum Gasteiger partial charge on any atom is -0.507 e. The van der Waals surface area contributed by atoms with E-state index >= 15 is 0 Å². The number of aromatic hydroxyl groups is 1. The van der Waals surface area contributed by atoms with Gasteiger partial charge in [-0.25, -0.2) is 0 Å². The van der Waals surface area contributed by atoms with Crippen molar-refractivity contribution in [2.75, 3.05) is 13.2 Å². The van der Waals surface area contributed by atoms with Crippen molar-refractivity contribution >= 4 is 28.9 Å². The van der Waals surface area contributed by atoms with Crippen LogP contribution in [0.3, 0.4) is 0 Å². The van der Waals surface area contributed by atoms with E-state index in [1.54, 1.807) is 32.9 Å². The number of Topliss-reactive ketones (excluding diaryl/α,β-unsaturated/α-hetero) is 5. The Kier molecular flexibility index (Phi) is 9.22. The summed E-state index contributed by atoms with van der Waals surface area (Å²) in [6.07, 6.45) is -0.212. The van der Waals surface area contributed by atoms with Crippen molar-refractivity contribution in [3.05, 3.63) is 64.2 Å². The normalized spacial score (nSPS) is 29.4. The van der Waals surface area contributed by atoms with Crippen LogP contribution in [0.2, 0.25) is 0 Å². The highest BCUT2D eigenvalue weighted by Crippen LogP contribution is 2.61. The molecule has 0 amide bonds. The fraction of sp³-hybridized carbons (Fsp3) is 0.553. The van der Waals surface area contributed by atoms with Gasteiger partial charge in [0.1, 0.15) is 17.5 Å². The Bertz CT molecular complexity index is 1670. The second-order valence-electron chi connectivity index (χ2n) is 14.6. The standard InChI is InChI=1S/C38H46O10/c1-8-47-38(46,48-9-2)26(22-13-11-10-12-14-22)16-23-15-24(20(3)4)25-17-35(6)19-36(7)18-27(40)28(21(5)39)33(43)37(36,45)34(44)30(35)32(42)29(25)31(23)41/h10-15,20,26,28,30,41,45-46H,8-9,16-19H2,1-7H3. The molecule has 48 heavy (non-hydrogen) atoms. The smallest absolute Gasteiger partial charge is 0.287 e. The van der Waals surface area contributed by atoms with Crippen molar-refractivity contribution in [3.63, 3.8) is 0 Å². The van der Waals surface area contributed by atoms with Crippen LogP contribution < -0.4 is 0 Å². The highest BCUT2D eigenvalue weighted by Gasteiger charge is 2.73. The van der Waals surface area contributed by atoms with E-state index < -0.39 is 69.1 Å². The number of benzene rings is 2. The van der Waals surface area contributed by atoms with Gasteiger partial charge in [0.25, 0.3) is 5.97 Å². The van der Waals surface area contributed by atoms with Crippen molar-refractivity contribution in [1.82, 2.24) is 0 Å². The molecule has 3 aliphatic carbocycles. The number of carbonyl (C=O) groups excluding carboxylic acids is 5. The quantitative estimate of drug-likeness (QED) is 0.246. The molecule has 2 aromatic rings. The van der Waals surface area contributed by atoms with Crippen molar-refractivity contribution in [3.8, 4) is 5.75 Å². The van der Waals surface area contributed by atoms with E-state index in [-0.39, 0.29) is 56.1 Å². The zero-order valence-electron chi connectivity index (χ0n) is 28.7. The number of ether oxygens (including phenoxy) is 2. The molecule has 0 aliphatic heterocycles. The maximum absolute atomic E-state index is 14.6. The number of ketones is 5. The molecule has 0 heterocycles. The summed E-state index contributed by atoms with van der Waals surface area (Å²) in [7, 11) is 0. The molecule has 5 rings (SSSR count). The van der Waals surface area contributed by atoms with E-state index in [1.165, 1.54) is 6.92 Å². The third kappa shape index (κ3) is 5.28. The van der Waals surface area contributed by atoms with Crippen molar-refractivity contribution in [2.45, 2.75) is 97.6 Å². The summed E-state index contributed by atoms with van der Waals surface area (Å²) in [5.41, 5.74) is -3.11. The van der Waals surface area contributed by atoms with Crippen LogP contribution in [0.15, 0.2) is 36.4 Å². The van der Waals surface area contributed by atoms with E-state index in [0.717, 1.165) is 12.5 Å². The van der Waals surface area contributed by atoms with E-state index in [9.17, 15) is 39.3 Å². The van der Waals surface area contributed by atoms with Gasteiger partial charge in [-0.05, 0) is 73.6 Å². The average molecular weight is 663 g/mol. The molecule has 0 radical (unpaired) electrons. The summed E-state index contributed by atoms with van der Waals surface area (Å²) in [6, 6.07) is 10.9. The molecule has 2 aromatic carbocycles. The predicted molar refractivity (Wildman–Crippen MR) is 174 cm³/mol. The number of hydrogen-bond acceptors (Lipinski definition) is 10. The number of fused-ring (bicyclic) bond motifs is 3. The molecule has 3 aliphatic rings. The molecule has 10 nitrogen and oxygen atoms in total. The molecule has 6 unspecified atom stereocenters. The van der Waals surface area contributed by atoms with Gasteiger partial charge < -0.3 is 24.8 Å². The van der Waals surface area contributed by atoms with Crippen LogP contribution in [0.4, 0.5) is 0 Å². The van der Waals surface area contributed by atoms with Gasteiger partial charge in [0.05, 0.1) is 17.4 Å². The Morgan fingerprint density at radius 3 is 2.15 bits per heavy atom. The molecule has 0 saturated heterocycles. The molecule has 258 valence electrons. The van der Waals surface area contributed by atoms with E-state index in [1.807, 2.05) is 38.1 Å². The first-order valence-electron chi connectivity index (χ1n) is 16.7. The van der Waals surface area contributed by atoms with Crippen LogP contribution in [-0.2, 0) is 41.5 Å². The largest absolute Gasteiger partial charge is 0.507 e. The Hall–Kier alpha value is -3.57. The number of hydrogen-bond donors (Lipinski definition) is 3. The van der Waals surface area contributed by atoms with E-state index in [0.29, 0.717) is 16.7 Å². The number of phenols is 1. The molecule has 0 aromatic heterocycles.